The van der Waals surface area contributed by atoms with Gasteiger partial charge in [0.25, 0.3) is 0 Å². The lowest BCUT2D eigenvalue weighted by atomic mass is 10.0. The van der Waals surface area contributed by atoms with Crippen molar-refractivity contribution in [2.24, 2.45) is 0 Å². The van der Waals surface area contributed by atoms with Gasteiger partial charge in [-0.2, -0.15) is 0 Å². The molecule has 0 fully saturated rings. The summed E-state index contributed by atoms with van der Waals surface area (Å²) in [4.78, 5) is 18.7. The highest BCUT2D eigenvalue weighted by Crippen LogP contribution is 2.10. The fourth-order valence-electron chi connectivity index (χ4n) is 2.28. The molecule has 0 aliphatic heterocycles. The summed E-state index contributed by atoms with van der Waals surface area (Å²) in [5.74, 6) is 0.220. The molecule has 3 nitrogen and oxygen atoms in total. The molecule has 0 unspecified atom stereocenters. The van der Waals surface area contributed by atoms with E-state index in [1.54, 1.807) is 0 Å². The smallest absolute Gasteiger partial charge is 0.164 e. The molecule has 0 aliphatic rings. The molecule has 3 heteroatoms. The van der Waals surface area contributed by atoms with Gasteiger partial charge in [-0.1, -0.05) is 30.3 Å². The van der Waals surface area contributed by atoms with Crippen LogP contribution in [0.5, 0.6) is 0 Å². The van der Waals surface area contributed by atoms with E-state index in [4.69, 9.17) is 0 Å². The van der Waals surface area contributed by atoms with Gasteiger partial charge >= 0.3 is 0 Å². The third-order valence-corrected chi connectivity index (χ3v) is 3.64. The summed E-state index contributed by atoms with van der Waals surface area (Å²) in [7, 11) is 2.05. The summed E-state index contributed by atoms with van der Waals surface area (Å²) in [6.07, 6.45) is 3.29. The van der Waals surface area contributed by atoms with Crippen LogP contribution in [0.15, 0.2) is 48.7 Å². The molecular formula is C18H22N2O. The van der Waals surface area contributed by atoms with Crippen molar-refractivity contribution >= 4 is 5.78 Å². The molecule has 0 saturated heterocycles. The van der Waals surface area contributed by atoms with Crippen LogP contribution in [0.2, 0.25) is 0 Å². The van der Waals surface area contributed by atoms with Crippen LogP contribution >= 0.6 is 0 Å². The summed E-state index contributed by atoms with van der Waals surface area (Å²) in [6, 6.07) is 13.7. The van der Waals surface area contributed by atoms with Gasteiger partial charge in [-0.15, -0.1) is 0 Å². The van der Waals surface area contributed by atoms with E-state index in [1.807, 2.05) is 62.6 Å². The molecular weight excluding hydrogens is 260 g/mol. The maximum atomic E-state index is 12.2. The fraction of sp³-hybridized carbons (Fsp3) is 0.333. The van der Waals surface area contributed by atoms with Gasteiger partial charge in [0.15, 0.2) is 5.78 Å². The molecule has 0 aliphatic carbocycles. The first-order valence-corrected chi connectivity index (χ1v) is 7.34. The maximum absolute atomic E-state index is 12.2. The van der Waals surface area contributed by atoms with Crippen molar-refractivity contribution in [3.8, 4) is 0 Å². The number of nitrogens with zero attached hydrogens (tertiary/aromatic N) is 2. The van der Waals surface area contributed by atoms with E-state index in [0.717, 1.165) is 36.3 Å². The number of likely N-dealkylation sites (N-methyl/N-ethyl adjacent to an activating group) is 1. The molecule has 110 valence electrons. The van der Waals surface area contributed by atoms with E-state index in [0.29, 0.717) is 6.42 Å². The van der Waals surface area contributed by atoms with Crippen LogP contribution in [0.3, 0.4) is 0 Å². The minimum absolute atomic E-state index is 0.220. The molecule has 1 aromatic heterocycles. The number of ketones is 1. The van der Waals surface area contributed by atoms with Gasteiger partial charge < -0.3 is 4.90 Å². The normalized spacial score (nSPS) is 10.8. The molecule has 0 atom stereocenters. The van der Waals surface area contributed by atoms with E-state index in [-0.39, 0.29) is 5.78 Å². The van der Waals surface area contributed by atoms with Gasteiger partial charge in [-0.05, 0) is 31.7 Å². The Morgan fingerprint density at radius 3 is 2.57 bits per heavy atom. The van der Waals surface area contributed by atoms with E-state index >= 15 is 0 Å². The van der Waals surface area contributed by atoms with E-state index < -0.39 is 0 Å². The predicted octanol–water partition coefficient (Wildman–Crippen LogP) is 3.14. The lowest BCUT2D eigenvalue weighted by Crippen LogP contribution is -2.24. The van der Waals surface area contributed by atoms with Gasteiger partial charge in [0.1, 0.15) is 0 Å². The topological polar surface area (TPSA) is 33.2 Å². The minimum atomic E-state index is 0.220. The summed E-state index contributed by atoms with van der Waals surface area (Å²) >= 11 is 0. The Morgan fingerprint density at radius 1 is 1.10 bits per heavy atom. The van der Waals surface area contributed by atoms with Crippen LogP contribution in [0.25, 0.3) is 0 Å². The highest BCUT2D eigenvalue weighted by atomic mass is 16.1. The lowest BCUT2D eigenvalue weighted by Gasteiger charge is -2.16. The summed E-state index contributed by atoms with van der Waals surface area (Å²) in [5.41, 5.74) is 2.99. The van der Waals surface area contributed by atoms with Crippen LogP contribution in [-0.4, -0.2) is 35.8 Å². The minimum Gasteiger partial charge on any atom is -0.306 e. The quantitative estimate of drug-likeness (QED) is 0.731. The average Bonchev–Trinajstić information content (AvgIpc) is 2.52. The van der Waals surface area contributed by atoms with Crippen LogP contribution in [-0.2, 0) is 6.42 Å². The second-order valence-electron chi connectivity index (χ2n) is 5.36. The number of hydrogen-bond acceptors (Lipinski definition) is 3. The molecule has 0 bridgehead atoms. The fourth-order valence-corrected chi connectivity index (χ4v) is 2.28. The standard InChI is InChI=1S/C18H22N2O/c1-15-7-3-4-9-17(15)18(21)11-14-20(2)13-10-16-8-5-6-12-19-16/h3-9,12H,10-11,13-14H2,1-2H3. The Labute approximate surface area is 126 Å². The Morgan fingerprint density at radius 2 is 1.86 bits per heavy atom. The van der Waals surface area contributed by atoms with Crippen molar-refractivity contribution in [2.75, 3.05) is 20.1 Å². The first-order valence-electron chi connectivity index (χ1n) is 7.34. The van der Waals surface area contributed by atoms with Crippen molar-refractivity contribution in [1.82, 2.24) is 9.88 Å². The Kier molecular flexibility index (Phi) is 5.64. The molecule has 2 aromatic rings. The number of hydrogen-bond donors (Lipinski definition) is 0. The Balaban J connectivity index is 1.77. The molecule has 1 aromatic carbocycles. The third kappa shape index (κ3) is 4.80. The maximum Gasteiger partial charge on any atom is 0.164 e. The Bertz CT molecular complexity index is 581. The molecule has 1 heterocycles. The van der Waals surface area contributed by atoms with Gasteiger partial charge in [0, 0.05) is 43.4 Å². The lowest BCUT2D eigenvalue weighted by molar-refractivity contribution is 0.0968. The highest BCUT2D eigenvalue weighted by Gasteiger charge is 2.09. The second kappa shape index (κ2) is 7.70. The largest absolute Gasteiger partial charge is 0.306 e. The zero-order chi connectivity index (χ0) is 15.1. The van der Waals surface area contributed by atoms with E-state index in [9.17, 15) is 4.79 Å². The van der Waals surface area contributed by atoms with Gasteiger partial charge in [-0.3, -0.25) is 9.78 Å². The predicted molar refractivity (Wildman–Crippen MR) is 85.6 cm³/mol. The van der Waals surface area contributed by atoms with Gasteiger partial charge in [0.05, 0.1) is 0 Å². The average molecular weight is 282 g/mol. The van der Waals surface area contributed by atoms with Crippen molar-refractivity contribution in [3.05, 3.63) is 65.5 Å². The van der Waals surface area contributed by atoms with Crippen molar-refractivity contribution in [2.45, 2.75) is 19.8 Å². The number of pyridine rings is 1. The zero-order valence-electron chi connectivity index (χ0n) is 12.7. The molecule has 0 amide bonds. The SMILES string of the molecule is Cc1ccccc1C(=O)CCN(C)CCc1ccccn1. The molecule has 0 N–H and O–H groups in total. The summed E-state index contributed by atoms with van der Waals surface area (Å²) in [5, 5.41) is 0. The first kappa shape index (κ1) is 15.4. The van der Waals surface area contributed by atoms with Crippen molar-refractivity contribution < 1.29 is 4.79 Å². The molecule has 0 radical (unpaired) electrons. The van der Waals surface area contributed by atoms with Crippen LogP contribution in [0, 0.1) is 6.92 Å². The van der Waals surface area contributed by atoms with Crippen molar-refractivity contribution in [1.29, 1.82) is 0 Å². The molecule has 21 heavy (non-hydrogen) atoms. The number of Topliss-reactive ketones (excluding diaryl/α,β-unsaturated/α-hetero) is 1. The van der Waals surface area contributed by atoms with Crippen LogP contribution < -0.4 is 0 Å². The molecule has 2 rings (SSSR count). The summed E-state index contributed by atoms with van der Waals surface area (Å²) in [6.45, 7) is 3.68. The van der Waals surface area contributed by atoms with Gasteiger partial charge in [-0.25, -0.2) is 0 Å². The number of aromatic nitrogens is 1. The highest BCUT2D eigenvalue weighted by molar-refractivity contribution is 5.97. The van der Waals surface area contributed by atoms with E-state index in [1.165, 1.54) is 0 Å². The van der Waals surface area contributed by atoms with Crippen LogP contribution in [0.4, 0.5) is 0 Å². The van der Waals surface area contributed by atoms with Gasteiger partial charge in [0.2, 0.25) is 0 Å². The first-order chi connectivity index (χ1) is 10.2. The monoisotopic (exact) mass is 282 g/mol. The van der Waals surface area contributed by atoms with E-state index in [2.05, 4.69) is 9.88 Å². The number of benzene rings is 1. The number of carbonyl (C=O) groups excluding carboxylic acids is 1. The molecule has 0 saturated carbocycles. The van der Waals surface area contributed by atoms with Crippen LogP contribution in [0.1, 0.15) is 28.0 Å². The third-order valence-electron chi connectivity index (χ3n) is 3.64. The zero-order valence-corrected chi connectivity index (χ0v) is 12.7. The Hall–Kier alpha value is -2.00. The van der Waals surface area contributed by atoms with Crippen molar-refractivity contribution in [3.63, 3.8) is 0 Å². The molecule has 0 spiro atoms. The number of carbonyl (C=O) groups is 1. The number of rotatable bonds is 7. The number of aryl methyl sites for hydroxylation is 1. The second-order valence-corrected chi connectivity index (χ2v) is 5.36. The summed E-state index contributed by atoms with van der Waals surface area (Å²) < 4.78 is 0.